The van der Waals surface area contributed by atoms with Crippen LogP contribution in [0.5, 0.6) is 0 Å². The van der Waals surface area contributed by atoms with Gasteiger partial charge in [0, 0.05) is 19.3 Å². The number of aliphatic hydroxyl groups excluding tert-OH is 2. The van der Waals surface area contributed by atoms with Crippen molar-refractivity contribution in [3.8, 4) is 0 Å². The predicted octanol–water partition coefficient (Wildman–Crippen LogP) is 0.364. The van der Waals surface area contributed by atoms with Crippen LogP contribution in [0.1, 0.15) is 0 Å². The second-order valence-electron chi connectivity index (χ2n) is 4.36. The number of likely N-dealkylation sites (tertiary alicyclic amines) is 1. The van der Waals surface area contributed by atoms with Gasteiger partial charge in [0.05, 0.1) is 28.8 Å². The number of β-amino-alcohol motifs (C(OH)–C–C–N with tert-alkyl or cyclic N) is 2. The van der Waals surface area contributed by atoms with Crippen molar-refractivity contribution in [3.05, 3.63) is 22.3 Å². The molecule has 0 spiro atoms. The Hall–Kier alpha value is -0.920. The minimum absolute atomic E-state index is 0.0504. The van der Waals surface area contributed by atoms with Gasteiger partial charge in [-0.3, -0.25) is 9.69 Å². The predicted molar refractivity (Wildman–Crippen MR) is 71.3 cm³/mol. The lowest BCUT2D eigenvalue weighted by molar-refractivity contribution is -0.117. The van der Waals surface area contributed by atoms with Crippen molar-refractivity contribution in [2.45, 2.75) is 12.2 Å². The molecule has 104 valence electrons. The first-order valence-corrected chi connectivity index (χ1v) is 6.40. The van der Waals surface area contributed by atoms with Gasteiger partial charge in [-0.2, -0.15) is 0 Å². The number of pyridine rings is 1. The fourth-order valence-corrected chi connectivity index (χ4v) is 2.28. The Morgan fingerprint density at radius 3 is 2.63 bits per heavy atom. The van der Waals surface area contributed by atoms with Gasteiger partial charge in [-0.05, 0) is 6.07 Å². The Labute approximate surface area is 120 Å². The summed E-state index contributed by atoms with van der Waals surface area (Å²) in [5, 5.41) is 21.9. The van der Waals surface area contributed by atoms with E-state index < -0.39 is 12.2 Å². The molecule has 0 radical (unpaired) electrons. The normalized spacial score (nSPS) is 23.6. The van der Waals surface area contributed by atoms with Gasteiger partial charge >= 0.3 is 0 Å². The summed E-state index contributed by atoms with van der Waals surface area (Å²) >= 11 is 11.6. The molecule has 1 aliphatic heterocycles. The lowest BCUT2D eigenvalue weighted by atomic mass is 10.3. The number of hydrogen-bond acceptors (Lipinski definition) is 5. The minimum atomic E-state index is -0.815. The minimum Gasteiger partial charge on any atom is -0.389 e. The summed E-state index contributed by atoms with van der Waals surface area (Å²) in [6, 6.07) is 1.48. The molecule has 1 aliphatic rings. The van der Waals surface area contributed by atoms with Crippen LogP contribution in [0.25, 0.3) is 0 Å². The standard InChI is InChI=1S/C11H13Cl2N3O3/c12-6-1-7(13)11(14-2-6)15-10(19)5-16-3-8(17)9(18)4-16/h1-2,8-9,17-18H,3-5H2,(H,14,15,19). The fraction of sp³-hybridized carbons (Fsp3) is 0.455. The maximum atomic E-state index is 11.8. The Morgan fingerprint density at radius 2 is 2.05 bits per heavy atom. The molecule has 8 heteroatoms. The zero-order valence-corrected chi connectivity index (χ0v) is 11.4. The van der Waals surface area contributed by atoms with Crippen LogP contribution in [-0.4, -0.2) is 57.8 Å². The molecule has 0 aromatic carbocycles. The van der Waals surface area contributed by atoms with Crippen LogP contribution in [0.3, 0.4) is 0 Å². The second-order valence-corrected chi connectivity index (χ2v) is 5.20. The third kappa shape index (κ3) is 3.77. The molecule has 0 bridgehead atoms. The molecule has 0 saturated carbocycles. The first kappa shape index (κ1) is 14.5. The maximum Gasteiger partial charge on any atom is 0.239 e. The molecule has 1 fully saturated rings. The highest BCUT2D eigenvalue weighted by atomic mass is 35.5. The molecule has 2 unspecified atom stereocenters. The number of nitrogens with zero attached hydrogens (tertiary/aromatic N) is 2. The lowest BCUT2D eigenvalue weighted by Gasteiger charge is -2.14. The van der Waals surface area contributed by atoms with E-state index in [1.54, 1.807) is 4.90 Å². The number of aromatic nitrogens is 1. The average Bonchev–Trinajstić information content (AvgIpc) is 2.62. The van der Waals surface area contributed by atoms with Crippen molar-refractivity contribution in [1.29, 1.82) is 0 Å². The maximum absolute atomic E-state index is 11.8. The molecule has 0 aliphatic carbocycles. The summed E-state index contributed by atoms with van der Waals surface area (Å²) in [5.41, 5.74) is 0. The van der Waals surface area contributed by atoms with Crippen LogP contribution in [0.15, 0.2) is 12.3 Å². The third-order valence-corrected chi connectivity index (χ3v) is 3.26. The zero-order valence-electron chi connectivity index (χ0n) is 9.88. The molecule has 2 rings (SSSR count). The quantitative estimate of drug-likeness (QED) is 0.751. The summed E-state index contributed by atoms with van der Waals surface area (Å²) < 4.78 is 0. The highest BCUT2D eigenvalue weighted by Gasteiger charge is 2.30. The van der Waals surface area contributed by atoms with Crippen LogP contribution >= 0.6 is 23.2 Å². The molecule has 1 saturated heterocycles. The largest absolute Gasteiger partial charge is 0.389 e. The molecular formula is C11H13Cl2N3O3. The van der Waals surface area contributed by atoms with Crippen molar-refractivity contribution in [2.75, 3.05) is 25.0 Å². The van der Waals surface area contributed by atoms with Crippen LogP contribution in [0.4, 0.5) is 5.82 Å². The van der Waals surface area contributed by atoms with Crippen molar-refractivity contribution >= 4 is 34.9 Å². The van der Waals surface area contributed by atoms with E-state index in [4.69, 9.17) is 23.2 Å². The number of anilines is 1. The van der Waals surface area contributed by atoms with E-state index in [-0.39, 0.29) is 36.4 Å². The molecule has 1 amide bonds. The summed E-state index contributed by atoms with van der Waals surface area (Å²) in [7, 11) is 0. The highest BCUT2D eigenvalue weighted by Crippen LogP contribution is 2.22. The first-order chi connectivity index (χ1) is 8.95. The third-order valence-electron chi connectivity index (χ3n) is 2.77. The van der Waals surface area contributed by atoms with Gasteiger partial charge in [0.2, 0.25) is 5.91 Å². The Balaban J connectivity index is 1.91. The molecule has 1 aromatic rings. The SMILES string of the molecule is O=C(CN1CC(O)C(O)C1)Nc1ncc(Cl)cc1Cl. The van der Waals surface area contributed by atoms with E-state index in [2.05, 4.69) is 10.3 Å². The van der Waals surface area contributed by atoms with Crippen LogP contribution < -0.4 is 5.32 Å². The van der Waals surface area contributed by atoms with Crippen molar-refractivity contribution in [3.63, 3.8) is 0 Å². The monoisotopic (exact) mass is 305 g/mol. The first-order valence-electron chi connectivity index (χ1n) is 5.65. The average molecular weight is 306 g/mol. The number of hydrogen-bond donors (Lipinski definition) is 3. The molecule has 3 N–H and O–H groups in total. The van der Waals surface area contributed by atoms with Crippen LogP contribution in [-0.2, 0) is 4.79 Å². The summed E-state index contributed by atoms with van der Waals surface area (Å²) in [6.45, 7) is 0.571. The van der Waals surface area contributed by atoms with Gasteiger partial charge in [0.1, 0.15) is 0 Å². The number of aliphatic hydroxyl groups is 2. The Morgan fingerprint density at radius 1 is 1.42 bits per heavy atom. The van der Waals surface area contributed by atoms with E-state index in [0.29, 0.717) is 5.02 Å². The summed E-state index contributed by atoms with van der Waals surface area (Å²) in [6.07, 6.45) is -0.248. The molecule has 2 atom stereocenters. The number of carbonyl (C=O) groups is 1. The zero-order chi connectivity index (χ0) is 14.0. The molecular weight excluding hydrogens is 293 g/mol. The highest BCUT2D eigenvalue weighted by molar-refractivity contribution is 6.36. The molecule has 2 heterocycles. The van der Waals surface area contributed by atoms with Gasteiger partial charge in [-0.25, -0.2) is 4.98 Å². The van der Waals surface area contributed by atoms with E-state index in [1.807, 2.05) is 0 Å². The lowest BCUT2D eigenvalue weighted by Crippen LogP contribution is -2.32. The smallest absolute Gasteiger partial charge is 0.239 e. The number of halogens is 2. The van der Waals surface area contributed by atoms with E-state index >= 15 is 0 Å². The van der Waals surface area contributed by atoms with Gasteiger partial charge in [-0.1, -0.05) is 23.2 Å². The van der Waals surface area contributed by atoms with Crippen LogP contribution in [0, 0.1) is 0 Å². The molecule has 6 nitrogen and oxygen atoms in total. The Bertz CT molecular complexity index is 476. The van der Waals surface area contributed by atoms with Crippen molar-refractivity contribution in [1.82, 2.24) is 9.88 Å². The van der Waals surface area contributed by atoms with Gasteiger partial charge in [0.15, 0.2) is 5.82 Å². The van der Waals surface area contributed by atoms with Gasteiger partial charge in [-0.15, -0.1) is 0 Å². The second kappa shape index (κ2) is 6.02. The summed E-state index contributed by atoms with van der Waals surface area (Å²) in [5.74, 6) is -0.0885. The molecule has 19 heavy (non-hydrogen) atoms. The Kier molecular flexibility index (Phi) is 4.59. The van der Waals surface area contributed by atoms with Gasteiger partial charge in [0.25, 0.3) is 0 Å². The number of amides is 1. The van der Waals surface area contributed by atoms with Crippen molar-refractivity contribution in [2.24, 2.45) is 0 Å². The van der Waals surface area contributed by atoms with E-state index in [9.17, 15) is 15.0 Å². The number of nitrogens with one attached hydrogen (secondary N) is 1. The van der Waals surface area contributed by atoms with Crippen molar-refractivity contribution < 1.29 is 15.0 Å². The topological polar surface area (TPSA) is 85.7 Å². The van der Waals surface area contributed by atoms with E-state index in [1.165, 1.54) is 12.3 Å². The summed E-state index contributed by atoms with van der Waals surface area (Å²) in [4.78, 5) is 17.3. The molecule has 1 aromatic heterocycles. The fourth-order valence-electron chi connectivity index (χ4n) is 1.86. The number of rotatable bonds is 3. The van der Waals surface area contributed by atoms with Crippen LogP contribution in [0.2, 0.25) is 10.0 Å². The van der Waals surface area contributed by atoms with E-state index in [0.717, 1.165) is 0 Å². The number of carbonyl (C=O) groups excluding carboxylic acids is 1. The van der Waals surface area contributed by atoms with Gasteiger partial charge < -0.3 is 15.5 Å².